The molecule has 0 saturated carbocycles. The summed E-state index contributed by atoms with van der Waals surface area (Å²) >= 11 is 1.98. The number of nitrogen functional groups attached to an aromatic ring is 1. The second kappa shape index (κ2) is 3.04. The van der Waals surface area contributed by atoms with Gasteiger partial charge >= 0.3 is 5.97 Å². The highest BCUT2D eigenvalue weighted by molar-refractivity contribution is 14.1. The number of carbonyl (C=O) groups is 1. The number of nitrogens with two attached hydrogens (primary N) is 1. The average molecular weight is 264 g/mol. The minimum Gasteiger partial charge on any atom is -0.477 e. The Balaban J connectivity index is 3.15. The van der Waals surface area contributed by atoms with E-state index in [0.29, 0.717) is 5.69 Å². The van der Waals surface area contributed by atoms with Crippen LogP contribution in [0, 0.1) is 3.57 Å². The predicted octanol–water partition coefficient (Wildman–Crippen LogP) is 0.967. The number of aromatic nitrogens is 1. The van der Waals surface area contributed by atoms with Crippen molar-refractivity contribution in [1.82, 2.24) is 4.98 Å². The quantitative estimate of drug-likeness (QED) is 0.741. The molecule has 1 aromatic heterocycles. The summed E-state index contributed by atoms with van der Waals surface area (Å²) in [4.78, 5) is 14.0. The first-order valence-electron chi connectivity index (χ1n) is 2.75. The zero-order valence-electron chi connectivity index (χ0n) is 5.41. The standard InChI is InChI=1S/C6H5IN2O2/c7-3-2-9-5(6(10)11)1-4(3)8/h1-2H,(H2,8,9)(H,10,11). The summed E-state index contributed by atoms with van der Waals surface area (Å²) in [6.45, 7) is 0. The van der Waals surface area contributed by atoms with Crippen LogP contribution in [0.4, 0.5) is 5.69 Å². The molecule has 0 bridgehead atoms. The first kappa shape index (κ1) is 8.25. The van der Waals surface area contributed by atoms with E-state index in [1.165, 1.54) is 12.3 Å². The molecule has 1 rings (SSSR count). The number of pyridine rings is 1. The van der Waals surface area contributed by atoms with Gasteiger partial charge in [-0.1, -0.05) is 0 Å². The van der Waals surface area contributed by atoms with Crippen LogP contribution in [0.1, 0.15) is 10.5 Å². The van der Waals surface area contributed by atoms with E-state index in [-0.39, 0.29) is 5.69 Å². The van der Waals surface area contributed by atoms with Gasteiger partial charge in [0.15, 0.2) is 0 Å². The monoisotopic (exact) mass is 264 g/mol. The maximum Gasteiger partial charge on any atom is 0.354 e. The fourth-order valence-corrected chi connectivity index (χ4v) is 0.866. The molecule has 0 aromatic carbocycles. The Bertz CT molecular complexity index is 301. The first-order valence-corrected chi connectivity index (χ1v) is 3.83. The van der Waals surface area contributed by atoms with E-state index in [4.69, 9.17) is 10.8 Å². The number of carboxylic acids is 1. The molecule has 5 heteroatoms. The molecule has 0 saturated heterocycles. The van der Waals surface area contributed by atoms with E-state index >= 15 is 0 Å². The maximum absolute atomic E-state index is 10.3. The summed E-state index contributed by atoms with van der Waals surface area (Å²) in [6, 6.07) is 1.34. The number of halogens is 1. The van der Waals surface area contributed by atoms with Gasteiger partial charge < -0.3 is 10.8 Å². The smallest absolute Gasteiger partial charge is 0.354 e. The molecule has 1 aromatic rings. The predicted molar refractivity (Wildman–Crippen MR) is 48.3 cm³/mol. The minimum atomic E-state index is -1.06. The Morgan fingerprint density at radius 2 is 2.36 bits per heavy atom. The van der Waals surface area contributed by atoms with Crippen LogP contribution in [-0.2, 0) is 0 Å². The van der Waals surface area contributed by atoms with Crippen molar-refractivity contribution in [2.24, 2.45) is 0 Å². The lowest BCUT2D eigenvalue weighted by molar-refractivity contribution is 0.0690. The number of hydrogen-bond acceptors (Lipinski definition) is 3. The van der Waals surface area contributed by atoms with Gasteiger partial charge in [-0.15, -0.1) is 0 Å². The zero-order chi connectivity index (χ0) is 8.43. The first-order chi connectivity index (χ1) is 5.11. The second-order valence-electron chi connectivity index (χ2n) is 1.90. The van der Waals surface area contributed by atoms with Gasteiger partial charge in [0, 0.05) is 11.9 Å². The Morgan fingerprint density at radius 1 is 1.73 bits per heavy atom. The molecule has 0 radical (unpaired) electrons. The van der Waals surface area contributed by atoms with Gasteiger partial charge in [0.05, 0.1) is 3.57 Å². The van der Waals surface area contributed by atoms with E-state index in [1.807, 2.05) is 22.6 Å². The SMILES string of the molecule is Nc1cc(C(=O)O)ncc1I. The summed E-state index contributed by atoms with van der Waals surface area (Å²) in [7, 11) is 0. The summed E-state index contributed by atoms with van der Waals surface area (Å²) in [6.07, 6.45) is 1.43. The number of hydrogen-bond donors (Lipinski definition) is 2. The van der Waals surface area contributed by atoms with Gasteiger partial charge in [-0.2, -0.15) is 0 Å². The highest BCUT2D eigenvalue weighted by Crippen LogP contribution is 2.13. The summed E-state index contributed by atoms with van der Waals surface area (Å²) in [5.74, 6) is -1.06. The lowest BCUT2D eigenvalue weighted by Gasteiger charge is -1.97. The third-order valence-corrected chi connectivity index (χ3v) is 2.01. The van der Waals surface area contributed by atoms with Gasteiger partial charge in [-0.05, 0) is 28.7 Å². The van der Waals surface area contributed by atoms with Gasteiger partial charge in [0.1, 0.15) is 5.69 Å². The molecule has 0 spiro atoms. The molecule has 11 heavy (non-hydrogen) atoms. The number of anilines is 1. The fraction of sp³-hybridized carbons (Fsp3) is 0. The van der Waals surface area contributed by atoms with Crippen molar-refractivity contribution in [2.75, 3.05) is 5.73 Å². The molecule has 0 aliphatic heterocycles. The van der Waals surface area contributed by atoms with Crippen molar-refractivity contribution in [3.63, 3.8) is 0 Å². The number of nitrogens with zero attached hydrogens (tertiary/aromatic N) is 1. The molecule has 0 fully saturated rings. The van der Waals surface area contributed by atoms with Crippen LogP contribution in [-0.4, -0.2) is 16.1 Å². The van der Waals surface area contributed by atoms with Gasteiger partial charge in [-0.25, -0.2) is 9.78 Å². The lowest BCUT2D eigenvalue weighted by atomic mass is 10.3. The summed E-state index contributed by atoms with van der Waals surface area (Å²) < 4.78 is 0.757. The number of carboxylic acid groups (broad SMARTS) is 1. The van der Waals surface area contributed by atoms with Crippen molar-refractivity contribution in [1.29, 1.82) is 0 Å². The molecule has 58 valence electrons. The van der Waals surface area contributed by atoms with Crippen LogP contribution in [0.3, 0.4) is 0 Å². The molecular formula is C6H5IN2O2. The zero-order valence-corrected chi connectivity index (χ0v) is 7.57. The number of aromatic carboxylic acids is 1. The summed E-state index contributed by atoms with van der Waals surface area (Å²) in [5.41, 5.74) is 5.87. The normalized spacial score (nSPS) is 9.55. The molecule has 0 atom stereocenters. The minimum absolute atomic E-state index is 0.0251. The molecule has 0 aliphatic rings. The van der Waals surface area contributed by atoms with Gasteiger partial charge in [0.2, 0.25) is 0 Å². The van der Waals surface area contributed by atoms with Crippen molar-refractivity contribution < 1.29 is 9.90 Å². The van der Waals surface area contributed by atoms with Gasteiger partial charge in [-0.3, -0.25) is 0 Å². The van der Waals surface area contributed by atoms with Crippen molar-refractivity contribution in [3.05, 3.63) is 21.5 Å². The highest BCUT2D eigenvalue weighted by atomic mass is 127. The van der Waals surface area contributed by atoms with Crippen LogP contribution < -0.4 is 5.73 Å². The molecule has 0 amide bonds. The average Bonchev–Trinajstić information content (AvgIpc) is 1.94. The Hall–Kier alpha value is -0.850. The van der Waals surface area contributed by atoms with Crippen molar-refractivity contribution >= 4 is 34.2 Å². The van der Waals surface area contributed by atoms with Crippen LogP contribution in [0.25, 0.3) is 0 Å². The molecule has 0 aliphatic carbocycles. The largest absolute Gasteiger partial charge is 0.477 e. The third kappa shape index (κ3) is 1.79. The van der Waals surface area contributed by atoms with Crippen molar-refractivity contribution in [2.45, 2.75) is 0 Å². The lowest BCUT2D eigenvalue weighted by Crippen LogP contribution is -2.02. The van der Waals surface area contributed by atoms with Crippen LogP contribution in [0.5, 0.6) is 0 Å². The van der Waals surface area contributed by atoms with E-state index in [9.17, 15) is 4.79 Å². The Morgan fingerprint density at radius 3 is 2.82 bits per heavy atom. The van der Waals surface area contributed by atoms with Crippen molar-refractivity contribution in [3.8, 4) is 0 Å². The van der Waals surface area contributed by atoms with Gasteiger partial charge in [0.25, 0.3) is 0 Å². The van der Waals surface area contributed by atoms with Crippen LogP contribution >= 0.6 is 22.6 Å². The molecule has 4 nitrogen and oxygen atoms in total. The third-order valence-electron chi connectivity index (χ3n) is 1.10. The molecule has 3 N–H and O–H groups in total. The fourth-order valence-electron chi connectivity index (χ4n) is 0.571. The Labute approximate surface area is 76.6 Å². The van der Waals surface area contributed by atoms with E-state index in [2.05, 4.69) is 4.98 Å². The molecular weight excluding hydrogens is 259 g/mol. The van der Waals surface area contributed by atoms with E-state index in [0.717, 1.165) is 3.57 Å². The van der Waals surface area contributed by atoms with Crippen LogP contribution in [0.15, 0.2) is 12.3 Å². The summed E-state index contributed by atoms with van der Waals surface area (Å²) in [5, 5.41) is 8.48. The number of rotatable bonds is 1. The van der Waals surface area contributed by atoms with E-state index in [1.54, 1.807) is 0 Å². The molecule has 0 unspecified atom stereocenters. The van der Waals surface area contributed by atoms with Crippen LogP contribution in [0.2, 0.25) is 0 Å². The molecule has 1 heterocycles. The highest BCUT2D eigenvalue weighted by Gasteiger charge is 2.05. The maximum atomic E-state index is 10.3. The second-order valence-corrected chi connectivity index (χ2v) is 3.06. The van der Waals surface area contributed by atoms with E-state index < -0.39 is 5.97 Å². The Kier molecular flexibility index (Phi) is 2.28. The topological polar surface area (TPSA) is 76.2 Å².